The molecule has 0 spiro atoms. The quantitative estimate of drug-likeness (QED) is 0.860. The Hall–Kier alpha value is -1.75. The van der Waals surface area contributed by atoms with Gasteiger partial charge in [-0.1, -0.05) is 36.0 Å². The topological polar surface area (TPSA) is 55.1 Å². The lowest BCUT2D eigenvalue weighted by Gasteiger charge is -2.06. The van der Waals surface area contributed by atoms with Crippen LogP contribution in [0.2, 0.25) is 0 Å². The molecule has 0 saturated heterocycles. The molecule has 106 valence electrons. The number of thioether (sulfide) groups is 1. The third-order valence-electron chi connectivity index (χ3n) is 3.07. The van der Waals surface area contributed by atoms with Crippen molar-refractivity contribution in [2.45, 2.75) is 32.5 Å². The molecule has 0 bridgehead atoms. The summed E-state index contributed by atoms with van der Waals surface area (Å²) in [6.07, 6.45) is 0. The monoisotopic (exact) mass is 290 g/mol. The number of hydrogen-bond donors (Lipinski definition) is 1. The van der Waals surface area contributed by atoms with Crippen LogP contribution in [0.4, 0.5) is 0 Å². The number of aromatic nitrogens is 1. The van der Waals surface area contributed by atoms with Crippen LogP contribution in [-0.4, -0.2) is 16.6 Å². The average molecular weight is 290 g/mol. The van der Waals surface area contributed by atoms with Crippen LogP contribution >= 0.6 is 11.8 Å². The minimum atomic E-state index is -0.0215. The Labute approximate surface area is 123 Å². The van der Waals surface area contributed by atoms with E-state index in [1.165, 1.54) is 17.3 Å². The number of benzene rings is 1. The Balaban J connectivity index is 1.80. The predicted octanol–water partition coefficient (Wildman–Crippen LogP) is 3.01. The number of carbonyl (C=O) groups excluding carboxylic acids is 1. The maximum absolute atomic E-state index is 11.8. The molecule has 0 saturated carbocycles. The van der Waals surface area contributed by atoms with Crippen molar-refractivity contribution in [3.05, 3.63) is 46.8 Å². The number of carbonyl (C=O) groups is 1. The van der Waals surface area contributed by atoms with E-state index in [-0.39, 0.29) is 5.91 Å². The number of aryl methyl sites for hydroxylation is 3. The Morgan fingerprint density at radius 1 is 1.30 bits per heavy atom. The number of amides is 1. The van der Waals surface area contributed by atoms with E-state index in [0.717, 1.165) is 17.0 Å². The van der Waals surface area contributed by atoms with E-state index in [2.05, 4.69) is 10.3 Å². The SMILES string of the molecule is Cc1ccccc1CNC(=O)CSc1nc(C)c(C)o1. The van der Waals surface area contributed by atoms with E-state index in [9.17, 15) is 4.79 Å². The molecule has 0 aliphatic rings. The maximum atomic E-state index is 11.8. The summed E-state index contributed by atoms with van der Waals surface area (Å²) < 4.78 is 5.42. The number of nitrogens with zero attached hydrogens (tertiary/aromatic N) is 1. The van der Waals surface area contributed by atoms with Gasteiger partial charge in [0, 0.05) is 6.54 Å². The molecule has 2 aromatic rings. The summed E-state index contributed by atoms with van der Waals surface area (Å²) in [6, 6.07) is 8.02. The van der Waals surface area contributed by atoms with E-state index in [0.29, 0.717) is 17.5 Å². The molecular formula is C15H18N2O2S. The van der Waals surface area contributed by atoms with Crippen LogP contribution in [0.5, 0.6) is 0 Å². The standard InChI is InChI=1S/C15H18N2O2S/c1-10-6-4-5-7-13(10)8-16-14(18)9-20-15-17-11(2)12(3)19-15/h4-7H,8-9H2,1-3H3,(H,16,18). The lowest BCUT2D eigenvalue weighted by molar-refractivity contribution is -0.118. The van der Waals surface area contributed by atoms with Crippen molar-refractivity contribution >= 4 is 17.7 Å². The van der Waals surface area contributed by atoms with Crippen LogP contribution in [0.3, 0.4) is 0 Å². The van der Waals surface area contributed by atoms with E-state index < -0.39 is 0 Å². The van der Waals surface area contributed by atoms with Gasteiger partial charge in [0.25, 0.3) is 5.22 Å². The first-order valence-electron chi connectivity index (χ1n) is 6.44. The number of oxazole rings is 1. The zero-order valence-corrected chi connectivity index (χ0v) is 12.7. The van der Waals surface area contributed by atoms with Gasteiger partial charge in [-0.05, 0) is 31.9 Å². The van der Waals surface area contributed by atoms with Crippen LogP contribution in [-0.2, 0) is 11.3 Å². The fourth-order valence-electron chi connectivity index (χ4n) is 1.69. The Morgan fingerprint density at radius 3 is 2.70 bits per heavy atom. The van der Waals surface area contributed by atoms with Gasteiger partial charge in [0.05, 0.1) is 11.4 Å². The van der Waals surface area contributed by atoms with Crippen molar-refractivity contribution in [3.63, 3.8) is 0 Å². The van der Waals surface area contributed by atoms with Gasteiger partial charge >= 0.3 is 0 Å². The van der Waals surface area contributed by atoms with Crippen molar-refractivity contribution in [2.75, 3.05) is 5.75 Å². The van der Waals surface area contributed by atoms with Crippen molar-refractivity contribution in [2.24, 2.45) is 0 Å². The second-order valence-electron chi connectivity index (χ2n) is 4.61. The Morgan fingerprint density at radius 2 is 2.05 bits per heavy atom. The van der Waals surface area contributed by atoms with E-state index in [1.54, 1.807) is 0 Å². The van der Waals surface area contributed by atoms with Gasteiger partial charge in [0.2, 0.25) is 5.91 Å². The second-order valence-corrected chi connectivity index (χ2v) is 5.54. The van der Waals surface area contributed by atoms with Crippen molar-refractivity contribution in [1.29, 1.82) is 0 Å². The van der Waals surface area contributed by atoms with E-state index >= 15 is 0 Å². The van der Waals surface area contributed by atoms with Gasteiger partial charge in [-0.2, -0.15) is 0 Å². The lowest BCUT2D eigenvalue weighted by atomic mass is 10.1. The molecule has 20 heavy (non-hydrogen) atoms. The van der Waals surface area contributed by atoms with Gasteiger partial charge in [0.15, 0.2) is 0 Å². The first-order valence-corrected chi connectivity index (χ1v) is 7.43. The highest BCUT2D eigenvalue weighted by atomic mass is 32.2. The van der Waals surface area contributed by atoms with Crippen molar-refractivity contribution < 1.29 is 9.21 Å². The molecule has 1 aromatic carbocycles. The highest BCUT2D eigenvalue weighted by Crippen LogP contribution is 2.19. The molecule has 2 rings (SSSR count). The molecular weight excluding hydrogens is 272 g/mol. The molecule has 0 radical (unpaired) electrons. The molecule has 1 amide bonds. The lowest BCUT2D eigenvalue weighted by Crippen LogP contribution is -2.24. The Bertz CT molecular complexity index is 588. The van der Waals surface area contributed by atoms with Gasteiger partial charge in [-0.3, -0.25) is 4.79 Å². The summed E-state index contributed by atoms with van der Waals surface area (Å²) >= 11 is 1.31. The minimum Gasteiger partial charge on any atom is -0.437 e. The van der Waals surface area contributed by atoms with Crippen molar-refractivity contribution in [3.8, 4) is 0 Å². The summed E-state index contributed by atoms with van der Waals surface area (Å²) in [7, 11) is 0. The normalized spacial score (nSPS) is 10.6. The van der Waals surface area contributed by atoms with E-state index in [1.807, 2.05) is 45.0 Å². The molecule has 0 aliphatic carbocycles. The van der Waals surface area contributed by atoms with Crippen molar-refractivity contribution in [1.82, 2.24) is 10.3 Å². The summed E-state index contributed by atoms with van der Waals surface area (Å²) in [5.41, 5.74) is 3.18. The third-order valence-corrected chi connectivity index (χ3v) is 3.90. The van der Waals surface area contributed by atoms with E-state index in [4.69, 9.17) is 4.42 Å². The smallest absolute Gasteiger partial charge is 0.256 e. The summed E-state index contributed by atoms with van der Waals surface area (Å²) in [5.74, 6) is 1.09. The van der Waals surface area contributed by atoms with Crippen LogP contribution < -0.4 is 5.32 Å². The molecule has 0 fully saturated rings. The summed E-state index contributed by atoms with van der Waals surface area (Å²) in [6.45, 7) is 6.34. The number of nitrogens with one attached hydrogen (secondary N) is 1. The molecule has 4 nitrogen and oxygen atoms in total. The molecule has 0 unspecified atom stereocenters. The Kier molecular flexibility index (Phi) is 4.84. The van der Waals surface area contributed by atoms with Gasteiger partial charge < -0.3 is 9.73 Å². The highest BCUT2D eigenvalue weighted by molar-refractivity contribution is 7.99. The third kappa shape index (κ3) is 3.87. The zero-order chi connectivity index (χ0) is 14.5. The molecule has 1 aromatic heterocycles. The maximum Gasteiger partial charge on any atom is 0.256 e. The number of rotatable bonds is 5. The van der Waals surface area contributed by atoms with Crippen LogP contribution in [0.1, 0.15) is 22.6 Å². The highest BCUT2D eigenvalue weighted by Gasteiger charge is 2.09. The minimum absolute atomic E-state index is 0.0215. The van der Waals surface area contributed by atoms with Gasteiger partial charge in [0.1, 0.15) is 5.76 Å². The van der Waals surface area contributed by atoms with Crippen LogP contribution in [0.15, 0.2) is 33.9 Å². The zero-order valence-electron chi connectivity index (χ0n) is 11.9. The fraction of sp³-hybridized carbons (Fsp3) is 0.333. The van der Waals surface area contributed by atoms with Crippen LogP contribution in [0, 0.1) is 20.8 Å². The molecule has 0 aliphatic heterocycles. The van der Waals surface area contributed by atoms with Gasteiger partial charge in [-0.25, -0.2) is 4.98 Å². The first-order chi connectivity index (χ1) is 9.56. The average Bonchev–Trinajstić information content (AvgIpc) is 2.75. The van der Waals surface area contributed by atoms with Crippen LogP contribution in [0.25, 0.3) is 0 Å². The molecule has 1 heterocycles. The largest absolute Gasteiger partial charge is 0.437 e. The summed E-state index contributed by atoms with van der Waals surface area (Å²) in [4.78, 5) is 16.0. The molecule has 0 atom stereocenters. The summed E-state index contributed by atoms with van der Waals surface area (Å²) in [5, 5.41) is 3.45. The second kappa shape index (κ2) is 6.61. The molecule has 1 N–H and O–H groups in total. The van der Waals surface area contributed by atoms with Gasteiger partial charge in [-0.15, -0.1) is 0 Å². The predicted molar refractivity (Wildman–Crippen MR) is 79.7 cm³/mol. The number of hydrogen-bond acceptors (Lipinski definition) is 4. The molecule has 5 heteroatoms. The fourth-order valence-corrected chi connectivity index (χ4v) is 2.43. The first kappa shape index (κ1) is 14.7.